The van der Waals surface area contributed by atoms with Gasteiger partial charge in [-0.05, 0) is 30.3 Å². The van der Waals surface area contributed by atoms with E-state index in [9.17, 15) is 4.79 Å². The molecule has 0 bridgehead atoms. The highest BCUT2D eigenvalue weighted by Crippen LogP contribution is 2.21. The van der Waals surface area contributed by atoms with E-state index in [-0.39, 0.29) is 5.91 Å². The standard InChI is InChI=1S/C12H9Cl2N3O/c13-7-3-4-8(10(15)6-7)12(18)17-11-9(14)2-1-5-16-11/h1-6H,15H2,(H,16,17,18). The van der Waals surface area contributed by atoms with Crippen LogP contribution in [0.2, 0.25) is 10.0 Å². The van der Waals surface area contributed by atoms with Gasteiger partial charge in [-0.15, -0.1) is 0 Å². The first-order chi connectivity index (χ1) is 8.58. The highest BCUT2D eigenvalue weighted by molar-refractivity contribution is 6.33. The molecule has 0 saturated carbocycles. The summed E-state index contributed by atoms with van der Waals surface area (Å²) in [5, 5.41) is 3.41. The molecule has 0 saturated heterocycles. The second-order valence-electron chi connectivity index (χ2n) is 3.52. The number of amides is 1. The van der Waals surface area contributed by atoms with E-state index in [1.54, 1.807) is 24.3 Å². The molecule has 0 aliphatic rings. The highest BCUT2D eigenvalue weighted by atomic mass is 35.5. The monoisotopic (exact) mass is 281 g/mol. The molecule has 2 rings (SSSR count). The van der Waals surface area contributed by atoms with Crippen molar-refractivity contribution < 1.29 is 4.79 Å². The average molecular weight is 282 g/mol. The Morgan fingerprint density at radius 3 is 2.72 bits per heavy atom. The fraction of sp³-hybridized carbons (Fsp3) is 0. The van der Waals surface area contributed by atoms with Crippen LogP contribution in [0.3, 0.4) is 0 Å². The maximum Gasteiger partial charge on any atom is 0.258 e. The summed E-state index contributed by atoms with van der Waals surface area (Å²) in [7, 11) is 0. The number of pyridine rings is 1. The first-order valence-electron chi connectivity index (χ1n) is 5.05. The van der Waals surface area contributed by atoms with Crippen LogP contribution in [0, 0.1) is 0 Å². The molecule has 18 heavy (non-hydrogen) atoms. The maximum atomic E-state index is 12.0. The van der Waals surface area contributed by atoms with Gasteiger partial charge in [0.25, 0.3) is 5.91 Å². The van der Waals surface area contributed by atoms with E-state index in [0.29, 0.717) is 27.1 Å². The van der Waals surface area contributed by atoms with E-state index in [4.69, 9.17) is 28.9 Å². The molecule has 1 aromatic heterocycles. The summed E-state index contributed by atoms with van der Waals surface area (Å²) in [6, 6.07) is 7.96. The number of nitrogens with zero attached hydrogens (tertiary/aromatic N) is 1. The van der Waals surface area contributed by atoms with E-state index >= 15 is 0 Å². The number of aromatic nitrogens is 1. The Labute approximate surface area is 114 Å². The van der Waals surface area contributed by atoms with E-state index in [0.717, 1.165) is 0 Å². The van der Waals surface area contributed by atoms with Gasteiger partial charge in [0, 0.05) is 16.9 Å². The summed E-state index contributed by atoms with van der Waals surface area (Å²) < 4.78 is 0. The van der Waals surface area contributed by atoms with Crippen molar-refractivity contribution in [3.05, 3.63) is 52.1 Å². The minimum atomic E-state index is -0.384. The van der Waals surface area contributed by atoms with Crippen LogP contribution in [0.1, 0.15) is 10.4 Å². The van der Waals surface area contributed by atoms with Crippen LogP contribution < -0.4 is 11.1 Å². The molecule has 0 aliphatic carbocycles. The smallest absolute Gasteiger partial charge is 0.258 e. The molecule has 92 valence electrons. The first kappa shape index (κ1) is 12.7. The molecule has 0 spiro atoms. The Morgan fingerprint density at radius 1 is 1.28 bits per heavy atom. The van der Waals surface area contributed by atoms with Gasteiger partial charge < -0.3 is 11.1 Å². The normalized spacial score (nSPS) is 10.1. The predicted octanol–water partition coefficient (Wildman–Crippen LogP) is 3.22. The molecule has 0 atom stereocenters. The van der Waals surface area contributed by atoms with Crippen molar-refractivity contribution in [3.8, 4) is 0 Å². The van der Waals surface area contributed by atoms with Crippen LogP contribution in [0.5, 0.6) is 0 Å². The lowest BCUT2D eigenvalue weighted by Crippen LogP contribution is -2.15. The first-order valence-corrected chi connectivity index (χ1v) is 5.80. The molecule has 2 aromatic rings. The molecule has 0 unspecified atom stereocenters. The van der Waals surface area contributed by atoms with Crippen LogP contribution in [0.4, 0.5) is 11.5 Å². The summed E-state index contributed by atoms with van der Waals surface area (Å²) in [5.41, 5.74) is 6.33. The fourth-order valence-corrected chi connectivity index (χ4v) is 1.74. The van der Waals surface area contributed by atoms with E-state index in [1.807, 2.05) is 0 Å². The summed E-state index contributed by atoms with van der Waals surface area (Å²) in [6.45, 7) is 0. The number of carbonyl (C=O) groups excluding carboxylic acids is 1. The molecule has 1 heterocycles. The van der Waals surface area contributed by atoms with Crippen molar-refractivity contribution in [2.75, 3.05) is 11.1 Å². The number of rotatable bonds is 2. The van der Waals surface area contributed by atoms with Crippen molar-refractivity contribution in [1.29, 1.82) is 0 Å². The van der Waals surface area contributed by atoms with Gasteiger partial charge >= 0.3 is 0 Å². The Hall–Kier alpha value is -1.78. The molecule has 0 radical (unpaired) electrons. The zero-order chi connectivity index (χ0) is 13.1. The van der Waals surface area contributed by atoms with Crippen LogP contribution in [0.15, 0.2) is 36.5 Å². The average Bonchev–Trinajstić information content (AvgIpc) is 2.32. The molecule has 1 amide bonds. The lowest BCUT2D eigenvalue weighted by Gasteiger charge is -2.08. The third-order valence-corrected chi connectivity index (χ3v) is 2.79. The minimum Gasteiger partial charge on any atom is -0.398 e. The number of hydrogen-bond donors (Lipinski definition) is 2. The number of nitrogens with one attached hydrogen (secondary N) is 1. The second kappa shape index (κ2) is 5.25. The predicted molar refractivity (Wildman–Crippen MR) is 73.1 cm³/mol. The van der Waals surface area contributed by atoms with Gasteiger partial charge in [0.15, 0.2) is 5.82 Å². The quantitative estimate of drug-likeness (QED) is 0.831. The van der Waals surface area contributed by atoms with Gasteiger partial charge in [-0.2, -0.15) is 0 Å². The SMILES string of the molecule is Nc1cc(Cl)ccc1C(=O)Nc1ncccc1Cl. The number of nitrogens with two attached hydrogens (primary N) is 1. The Balaban J connectivity index is 2.25. The number of halogens is 2. The van der Waals surface area contributed by atoms with Gasteiger partial charge in [-0.3, -0.25) is 4.79 Å². The summed E-state index contributed by atoms with van der Waals surface area (Å²) in [4.78, 5) is 15.9. The number of nitrogen functional groups attached to an aromatic ring is 1. The molecular weight excluding hydrogens is 273 g/mol. The topological polar surface area (TPSA) is 68.0 Å². The van der Waals surface area contributed by atoms with Crippen LogP contribution in [-0.2, 0) is 0 Å². The van der Waals surface area contributed by atoms with Crippen molar-refractivity contribution in [1.82, 2.24) is 4.98 Å². The molecule has 4 nitrogen and oxygen atoms in total. The van der Waals surface area contributed by atoms with Gasteiger partial charge in [0.2, 0.25) is 0 Å². The molecule has 0 fully saturated rings. The Kier molecular flexibility index (Phi) is 3.69. The zero-order valence-electron chi connectivity index (χ0n) is 9.15. The Morgan fingerprint density at radius 2 is 2.06 bits per heavy atom. The molecule has 6 heteroatoms. The Bertz CT molecular complexity index is 602. The third kappa shape index (κ3) is 2.72. The minimum absolute atomic E-state index is 0.290. The third-order valence-electron chi connectivity index (χ3n) is 2.25. The van der Waals surface area contributed by atoms with E-state index in [2.05, 4.69) is 10.3 Å². The number of benzene rings is 1. The summed E-state index contributed by atoms with van der Waals surface area (Å²) in [6.07, 6.45) is 1.53. The van der Waals surface area contributed by atoms with Gasteiger partial charge in [-0.1, -0.05) is 23.2 Å². The lowest BCUT2D eigenvalue weighted by atomic mass is 10.1. The summed E-state index contributed by atoms with van der Waals surface area (Å²) in [5.74, 6) is -0.0942. The lowest BCUT2D eigenvalue weighted by molar-refractivity contribution is 0.102. The highest BCUT2D eigenvalue weighted by Gasteiger charge is 2.12. The van der Waals surface area contributed by atoms with E-state index < -0.39 is 0 Å². The van der Waals surface area contributed by atoms with Crippen molar-refractivity contribution in [3.63, 3.8) is 0 Å². The van der Waals surface area contributed by atoms with E-state index in [1.165, 1.54) is 12.3 Å². The van der Waals surface area contributed by atoms with Crippen LogP contribution in [-0.4, -0.2) is 10.9 Å². The van der Waals surface area contributed by atoms with Crippen LogP contribution >= 0.6 is 23.2 Å². The number of hydrogen-bond acceptors (Lipinski definition) is 3. The van der Waals surface area contributed by atoms with Crippen LogP contribution in [0.25, 0.3) is 0 Å². The molecule has 0 aliphatic heterocycles. The largest absolute Gasteiger partial charge is 0.398 e. The van der Waals surface area contributed by atoms with Gasteiger partial charge in [0.1, 0.15) is 0 Å². The molecule has 3 N–H and O–H groups in total. The van der Waals surface area contributed by atoms with Gasteiger partial charge in [-0.25, -0.2) is 4.98 Å². The summed E-state index contributed by atoms with van der Waals surface area (Å²) >= 11 is 11.7. The number of anilines is 2. The second-order valence-corrected chi connectivity index (χ2v) is 4.36. The van der Waals surface area contributed by atoms with Crippen molar-refractivity contribution in [2.24, 2.45) is 0 Å². The fourth-order valence-electron chi connectivity index (χ4n) is 1.39. The molecular formula is C12H9Cl2N3O. The van der Waals surface area contributed by atoms with Gasteiger partial charge in [0.05, 0.1) is 10.6 Å². The zero-order valence-corrected chi connectivity index (χ0v) is 10.7. The maximum absolute atomic E-state index is 12.0. The number of carbonyl (C=O) groups is 1. The van der Waals surface area contributed by atoms with Crippen molar-refractivity contribution >= 4 is 40.6 Å². The molecule has 1 aromatic carbocycles. The van der Waals surface area contributed by atoms with Crippen molar-refractivity contribution in [2.45, 2.75) is 0 Å².